The molecular formula is C24H35BrN6O2. The third-order valence-corrected chi connectivity index (χ3v) is 7.34. The number of phenols is 1. The second-order valence-electron chi connectivity index (χ2n) is 9.19. The summed E-state index contributed by atoms with van der Waals surface area (Å²) >= 11 is 3.40. The van der Waals surface area contributed by atoms with Gasteiger partial charge in [0.05, 0.1) is 11.0 Å². The SMILES string of the molecule is CCNC(=O)c1c(N[C@H]2CCC[C@H]2N)nc(NC2CCCCC2)n1Cc1ccc(O)c(Br)c1. The van der Waals surface area contributed by atoms with Crippen molar-refractivity contribution < 1.29 is 9.90 Å². The number of halogens is 1. The van der Waals surface area contributed by atoms with E-state index in [1.54, 1.807) is 6.07 Å². The van der Waals surface area contributed by atoms with Gasteiger partial charge < -0.3 is 26.8 Å². The maximum absolute atomic E-state index is 13.2. The van der Waals surface area contributed by atoms with Crippen LogP contribution >= 0.6 is 15.9 Å². The molecule has 0 saturated heterocycles. The van der Waals surface area contributed by atoms with Gasteiger partial charge in [-0.1, -0.05) is 25.3 Å². The van der Waals surface area contributed by atoms with E-state index >= 15 is 0 Å². The maximum Gasteiger partial charge on any atom is 0.271 e. The number of benzene rings is 1. The van der Waals surface area contributed by atoms with Gasteiger partial charge in [0.2, 0.25) is 5.95 Å². The number of nitrogens with one attached hydrogen (secondary N) is 3. The topological polar surface area (TPSA) is 117 Å². The molecule has 6 N–H and O–H groups in total. The summed E-state index contributed by atoms with van der Waals surface area (Å²) < 4.78 is 2.58. The fraction of sp³-hybridized carbons (Fsp3) is 0.583. The standard InChI is InChI=1S/C24H35BrN6O2/c1-2-27-23(33)21-22(29-19-10-6-9-18(19)26)30-24(28-16-7-4-3-5-8-16)31(21)14-15-11-12-20(32)17(25)13-15/h11-13,16,18-19,29,32H,2-10,14,26H2,1H3,(H,27,33)(H,28,30)/t18-,19+/m1/s1. The normalized spacial score (nSPS) is 21.2. The summed E-state index contributed by atoms with van der Waals surface area (Å²) in [4.78, 5) is 18.1. The Morgan fingerprint density at radius 2 is 1.97 bits per heavy atom. The first-order valence-electron chi connectivity index (χ1n) is 12.1. The van der Waals surface area contributed by atoms with Gasteiger partial charge in [-0.05, 0) is 72.7 Å². The van der Waals surface area contributed by atoms with Crippen LogP contribution < -0.4 is 21.7 Å². The number of phenolic OH excluding ortho intramolecular Hbond substituents is 1. The van der Waals surface area contributed by atoms with E-state index < -0.39 is 0 Å². The summed E-state index contributed by atoms with van der Waals surface area (Å²) in [6.07, 6.45) is 8.90. The van der Waals surface area contributed by atoms with Gasteiger partial charge in [-0.15, -0.1) is 0 Å². The number of rotatable bonds is 8. The zero-order valence-electron chi connectivity index (χ0n) is 19.2. The molecule has 0 aliphatic heterocycles. The molecule has 180 valence electrons. The Morgan fingerprint density at radius 3 is 2.64 bits per heavy atom. The molecule has 1 aromatic heterocycles. The molecule has 8 nitrogen and oxygen atoms in total. The highest BCUT2D eigenvalue weighted by Crippen LogP contribution is 2.31. The van der Waals surface area contributed by atoms with Gasteiger partial charge in [0.1, 0.15) is 5.75 Å². The molecule has 2 saturated carbocycles. The van der Waals surface area contributed by atoms with Gasteiger partial charge >= 0.3 is 0 Å². The van der Waals surface area contributed by atoms with Gasteiger partial charge in [-0.2, -0.15) is 4.98 Å². The largest absolute Gasteiger partial charge is 0.507 e. The van der Waals surface area contributed by atoms with Crippen LogP contribution in [0.3, 0.4) is 0 Å². The molecule has 0 radical (unpaired) electrons. The van der Waals surface area contributed by atoms with Crippen molar-refractivity contribution in [1.82, 2.24) is 14.9 Å². The van der Waals surface area contributed by atoms with E-state index in [1.165, 1.54) is 19.3 Å². The molecular weight excluding hydrogens is 484 g/mol. The number of hydrogen-bond donors (Lipinski definition) is 5. The average molecular weight is 519 g/mol. The van der Waals surface area contributed by atoms with Crippen molar-refractivity contribution in [3.05, 3.63) is 33.9 Å². The van der Waals surface area contributed by atoms with Crippen LogP contribution in [0.1, 0.15) is 74.3 Å². The molecule has 0 unspecified atom stereocenters. The minimum absolute atomic E-state index is 0.0556. The third kappa shape index (κ3) is 5.63. The molecule has 1 heterocycles. The minimum Gasteiger partial charge on any atom is -0.507 e. The molecule has 9 heteroatoms. The molecule has 2 aliphatic rings. The molecule has 2 aliphatic carbocycles. The van der Waals surface area contributed by atoms with Crippen LogP contribution in [0.4, 0.5) is 11.8 Å². The first kappa shape index (κ1) is 23.9. The Hall–Kier alpha value is -2.26. The van der Waals surface area contributed by atoms with Crippen LogP contribution in [-0.2, 0) is 6.54 Å². The van der Waals surface area contributed by atoms with Crippen molar-refractivity contribution in [2.75, 3.05) is 17.2 Å². The average Bonchev–Trinajstić information content (AvgIpc) is 3.35. The zero-order chi connectivity index (χ0) is 23.4. The van der Waals surface area contributed by atoms with Crippen LogP contribution in [0.15, 0.2) is 22.7 Å². The van der Waals surface area contributed by atoms with E-state index in [1.807, 2.05) is 23.6 Å². The van der Waals surface area contributed by atoms with E-state index in [9.17, 15) is 9.90 Å². The van der Waals surface area contributed by atoms with Crippen molar-refractivity contribution in [2.45, 2.75) is 83.0 Å². The lowest BCUT2D eigenvalue weighted by molar-refractivity contribution is 0.0948. The highest BCUT2D eigenvalue weighted by molar-refractivity contribution is 9.10. The van der Waals surface area contributed by atoms with Gasteiger partial charge in [0, 0.05) is 24.7 Å². The van der Waals surface area contributed by atoms with Crippen LogP contribution in [-0.4, -0.2) is 45.2 Å². The monoisotopic (exact) mass is 518 g/mol. The lowest BCUT2D eigenvalue weighted by Crippen LogP contribution is -2.36. The number of aromatic hydroxyl groups is 1. The van der Waals surface area contributed by atoms with Gasteiger partial charge in [-0.25, -0.2) is 0 Å². The number of carbonyl (C=O) groups excluding carboxylic acids is 1. The summed E-state index contributed by atoms with van der Waals surface area (Å²) in [6, 6.07) is 5.90. The Kier molecular flexibility index (Phi) is 7.80. The number of anilines is 2. The van der Waals surface area contributed by atoms with Crippen molar-refractivity contribution in [3.63, 3.8) is 0 Å². The molecule has 1 aromatic carbocycles. The summed E-state index contributed by atoms with van der Waals surface area (Å²) in [5.74, 6) is 1.31. The lowest BCUT2D eigenvalue weighted by Gasteiger charge is -2.24. The molecule has 1 amide bonds. The minimum atomic E-state index is -0.159. The molecule has 2 aromatic rings. The third-order valence-electron chi connectivity index (χ3n) is 6.70. The molecule has 2 fully saturated rings. The summed E-state index contributed by atoms with van der Waals surface area (Å²) in [5.41, 5.74) is 7.79. The first-order valence-corrected chi connectivity index (χ1v) is 12.9. The summed E-state index contributed by atoms with van der Waals surface area (Å²) in [6.45, 7) is 2.89. The van der Waals surface area contributed by atoms with Gasteiger partial charge in [-0.3, -0.25) is 9.36 Å². The van der Waals surface area contributed by atoms with Gasteiger partial charge in [0.25, 0.3) is 5.91 Å². The number of imidazole rings is 1. The lowest BCUT2D eigenvalue weighted by atomic mass is 9.96. The molecule has 33 heavy (non-hydrogen) atoms. The highest BCUT2D eigenvalue weighted by Gasteiger charge is 2.30. The first-order chi connectivity index (χ1) is 16.0. The Labute approximate surface area is 203 Å². The van der Waals surface area contributed by atoms with E-state index in [0.29, 0.717) is 41.1 Å². The Morgan fingerprint density at radius 1 is 1.18 bits per heavy atom. The number of hydrogen-bond acceptors (Lipinski definition) is 6. The fourth-order valence-electron chi connectivity index (χ4n) is 4.90. The second kappa shape index (κ2) is 10.8. The van der Waals surface area contributed by atoms with Crippen LogP contribution in [0.25, 0.3) is 0 Å². The smallest absolute Gasteiger partial charge is 0.271 e. The maximum atomic E-state index is 13.2. The number of aromatic nitrogens is 2. The highest BCUT2D eigenvalue weighted by atomic mass is 79.9. The zero-order valence-corrected chi connectivity index (χ0v) is 20.8. The summed E-state index contributed by atoms with van der Waals surface area (Å²) in [7, 11) is 0. The number of amides is 1. The predicted octanol–water partition coefficient (Wildman–Crippen LogP) is 4.19. The van der Waals surface area contributed by atoms with E-state index in [2.05, 4.69) is 31.9 Å². The number of carbonyl (C=O) groups is 1. The van der Waals surface area contributed by atoms with Crippen molar-refractivity contribution in [2.24, 2.45) is 5.73 Å². The quantitative estimate of drug-likeness (QED) is 0.357. The van der Waals surface area contributed by atoms with E-state index in [-0.39, 0.29) is 23.7 Å². The second-order valence-corrected chi connectivity index (χ2v) is 10.0. The predicted molar refractivity (Wildman–Crippen MR) is 135 cm³/mol. The molecule has 0 spiro atoms. The number of nitrogens with two attached hydrogens (primary N) is 1. The van der Waals surface area contributed by atoms with Crippen molar-refractivity contribution in [3.8, 4) is 5.75 Å². The molecule has 2 atom stereocenters. The van der Waals surface area contributed by atoms with Crippen molar-refractivity contribution in [1.29, 1.82) is 0 Å². The van der Waals surface area contributed by atoms with Crippen molar-refractivity contribution >= 4 is 33.6 Å². The fourth-order valence-corrected chi connectivity index (χ4v) is 5.32. The Balaban J connectivity index is 1.73. The van der Waals surface area contributed by atoms with E-state index in [0.717, 1.165) is 37.7 Å². The molecule has 4 rings (SSSR count). The van der Waals surface area contributed by atoms with Crippen LogP contribution in [0.5, 0.6) is 5.75 Å². The van der Waals surface area contributed by atoms with Crippen LogP contribution in [0, 0.1) is 0 Å². The Bertz CT molecular complexity index is 972. The molecule has 0 bridgehead atoms. The summed E-state index contributed by atoms with van der Waals surface area (Å²) in [5, 5.41) is 20.0. The van der Waals surface area contributed by atoms with E-state index in [4.69, 9.17) is 10.7 Å². The van der Waals surface area contributed by atoms with Gasteiger partial charge in [0.15, 0.2) is 11.5 Å². The number of nitrogens with zero attached hydrogens (tertiary/aromatic N) is 2. The van der Waals surface area contributed by atoms with Crippen LogP contribution in [0.2, 0.25) is 0 Å².